The van der Waals surface area contributed by atoms with Gasteiger partial charge in [0.2, 0.25) is 0 Å². The molecule has 1 aromatic rings. The third-order valence-electron chi connectivity index (χ3n) is 6.96. The number of carbonyl (C=O) groups excluding carboxylic acids is 1. The minimum absolute atomic E-state index is 0.110. The second-order valence-corrected chi connectivity index (χ2v) is 8.83. The van der Waals surface area contributed by atoms with E-state index in [0.717, 1.165) is 76.4 Å². The van der Waals surface area contributed by atoms with Gasteiger partial charge in [-0.15, -0.1) is 0 Å². The molecule has 0 aromatic heterocycles. The van der Waals surface area contributed by atoms with Crippen molar-refractivity contribution < 1.29 is 19.0 Å². The normalized spacial score (nSPS) is 27.8. The average Bonchev–Trinajstić information content (AvgIpc) is 2.80. The van der Waals surface area contributed by atoms with Crippen LogP contribution < -0.4 is 4.74 Å². The molecule has 30 heavy (non-hydrogen) atoms. The molecule has 2 saturated heterocycles. The van der Waals surface area contributed by atoms with E-state index in [4.69, 9.17) is 14.2 Å². The van der Waals surface area contributed by atoms with E-state index in [0.29, 0.717) is 18.6 Å². The van der Waals surface area contributed by atoms with Crippen LogP contribution >= 0.6 is 0 Å². The second kappa shape index (κ2) is 10.6. The standard InChI is InChI=1S/C24H36N2O4/c1-28-23-8-12-26-18-20(23)5-2-3-11-25(21-9-14-29-15-10-21)13-16-30-22-7-4-6-19(17-22)24(26)27/h4,6-7,17,20-21,23H,2-3,5,8-16,18H2,1H3/t20-,23+/m0/s1. The zero-order chi connectivity index (χ0) is 20.8. The summed E-state index contributed by atoms with van der Waals surface area (Å²) in [6, 6.07) is 8.27. The van der Waals surface area contributed by atoms with Crippen LogP contribution in [0.2, 0.25) is 0 Å². The topological polar surface area (TPSA) is 51.2 Å². The van der Waals surface area contributed by atoms with Gasteiger partial charge in [-0.05, 0) is 56.8 Å². The molecule has 0 radical (unpaired) electrons. The van der Waals surface area contributed by atoms with Crippen LogP contribution in [0.4, 0.5) is 0 Å². The van der Waals surface area contributed by atoms with E-state index in [1.165, 1.54) is 12.8 Å². The van der Waals surface area contributed by atoms with Crippen molar-refractivity contribution in [3.63, 3.8) is 0 Å². The summed E-state index contributed by atoms with van der Waals surface area (Å²) in [4.78, 5) is 17.7. The summed E-state index contributed by atoms with van der Waals surface area (Å²) in [7, 11) is 1.81. The SMILES string of the molecule is CO[C@@H]1CCN2C[C@@H]1CCCCN(C1CCOCC1)CCOc1cccc(c1)C2=O. The molecule has 3 aliphatic rings. The largest absolute Gasteiger partial charge is 0.492 e. The van der Waals surface area contributed by atoms with Crippen LogP contribution in [0.25, 0.3) is 0 Å². The Bertz CT molecular complexity index is 692. The van der Waals surface area contributed by atoms with Gasteiger partial charge in [0.25, 0.3) is 5.91 Å². The molecule has 2 atom stereocenters. The fraction of sp³-hybridized carbons (Fsp3) is 0.708. The first kappa shape index (κ1) is 21.6. The van der Waals surface area contributed by atoms with Gasteiger partial charge in [0.1, 0.15) is 12.4 Å². The summed E-state index contributed by atoms with van der Waals surface area (Å²) in [5, 5.41) is 0. The van der Waals surface area contributed by atoms with Gasteiger partial charge >= 0.3 is 0 Å². The predicted octanol–water partition coefficient (Wildman–Crippen LogP) is 3.21. The van der Waals surface area contributed by atoms with Crippen molar-refractivity contribution in [1.82, 2.24) is 9.80 Å². The van der Waals surface area contributed by atoms with Crippen molar-refractivity contribution in [2.75, 3.05) is 53.1 Å². The molecule has 166 valence electrons. The Morgan fingerprint density at radius 3 is 2.70 bits per heavy atom. The Kier molecular flexibility index (Phi) is 7.63. The summed E-state index contributed by atoms with van der Waals surface area (Å²) >= 11 is 0. The molecule has 3 heterocycles. The number of hydrogen-bond acceptors (Lipinski definition) is 5. The first-order valence-corrected chi connectivity index (χ1v) is 11.6. The van der Waals surface area contributed by atoms with Gasteiger partial charge in [-0.25, -0.2) is 0 Å². The van der Waals surface area contributed by atoms with Crippen molar-refractivity contribution in [3.05, 3.63) is 29.8 Å². The Morgan fingerprint density at radius 2 is 1.87 bits per heavy atom. The molecule has 0 unspecified atom stereocenters. The molecule has 6 heteroatoms. The number of amides is 1. The molecule has 0 N–H and O–H groups in total. The molecule has 4 rings (SSSR count). The average molecular weight is 417 g/mol. The summed E-state index contributed by atoms with van der Waals surface area (Å²) < 4.78 is 17.4. The zero-order valence-corrected chi connectivity index (χ0v) is 18.3. The molecule has 4 bridgehead atoms. The summed E-state index contributed by atoms with van der Waals surface area (Å²) in [5.74, 6) is 1.30. The van der Waals surface area contributed by atoms with E-state index in [9.17, 15) is 4.79 Å². The lowest BCUT2D eigenvalue weighted by Crippen LogP contribution is -2.46. The van der Waals surface area contributed by atoms with Gasteiger partial charge in [0.15, 0.2) is 0 Å². The molecule has 0 aliphatic carbocycles. The predicted molar refractivity (Wildman–Crippen MR) is 116 cm³/mol. The lowest BCUT2D eigenvalue weighted by Gasteiger charge is -2.38. The second-order valence-electron chi connectivity index (χ2n) is 8.83. The van der Waals surface area contributed by atoms with Gasteiger partial charge in [0, 0.05) is 57.5 Å². The number of piperidine rings is 1. The Morgan fingerprint density at radius 1 is 1.00 bits per heavy atom. The van der Waals surface area contributed by atoms with Crippen molar-refractivity contribution in [1.29, 1.82) is 0 Å². The maximum Gasteiger partial charge on any atom is 0.254 e. The lowest BCUT2D eigenvalue weighted by atomic mass is 9.89. The number of hydrogen-bond donors (Lipinski definition) is 0. The molecular formula is C24H36N2O4. The van der Waals surface area contributed by atoms with Crippen molar-refractivity contribution in [2.45, 2.75) is 50.7 Å². The highest BCUT2D eigenvalue weighted by atomic mass is 16.5. The molecule has 6 nitrogen and oxygen atoms in total. The van der Waals surface area contributed by atoms with Crippen molar-refractivity contribution in [3.8, 4) is 5.75 Å². The van der Waals surface area contributed by atoms with Gasteiger partial charge in [-0.3, -0.25) is 9.69 Å². The van der Waals surface area contributed by atoms with E-state index in [-0.39, 0.29) is 12.0 Å². The highest BCUT2D eigenvalue weighted by Gasteiger charge is 2.32. The maximum atomic E-state index is 13.1. The molecule has 0 spiro atoms. The smallest absolute Gasteiger partial charge is 0.254 e. The molecular weight excluding hydrogens is 380 g/mol. The van der Waals surface area contributed by atoms with Gasteiger partial charge in [0.05, 0.1) is 6.10 Å². The maximum absolute atomic E-state index is 13.1. The van der Waals surface area contributed by atoms with Crippen LogP contribution in [0.3, 0.4) is 0 Å². The third-order valence-corrected chi connectivity index (χ3v) is 6.96. The minimum atomic E-state index is 0.110. The van der Waals surface area contributed by atoms with Gasteiger partial charge in [-0.2, -0.15) is 0 Å². The summed E-state index contributed by atoms with van der Waals surface area (Å²) in [6.45, 7) is 5.93. The number of ether oxygens (including phenoxy) is 3. The highest BCUT2D eigenvalue weighted by Crippen LogP contribution is 2.27. The summed E-state index contributed by atoms with van der Waals surface area (Å²) in [6.07, 6.45) is 6.83. The van der Waals surface area contributed by atoms with Crippen LogP contribution in [-0.4, -0.2) is 81.0 Å². The van der Waals surface area contributed by atoms with E-state index in [1.807, 2.05) is 36.3 Å². The van der Waals surface area contributed by atoms with E-state index >= 15 is 0 Å². The van der Waals surface area contributed by atoms with Crippen LogP contribution in [-0.2, 0) is 9.47 Å². The fourth-order valence-electron chi connectivity index (χ4n) is 5.21. The number of rotatable bonds is 2. The van der Waals surface area contributed by atoms with E-state index in [1.54, 1.807) is 0 Å². The number of fused-ring (bicyclic) bond motifs is 4. The molecule has 1 aromatic carbocycles. The van der Waals surface area contributed by atoms with Gasteiger partial charge in [-0.1, -0.05) is 12.5 Å². The first-order chi connectivity index (χ1) is 14.7. The quantitative estimate of drug-likeness (QED) is 0.741. The van der Waals surface area contributed by atoms with Crippen LogP contribution in [0.5, 0.6) is 5.75 Å². The number of benzene rings is 1. The lowest BCUT2D eigenvalue weighted by molar-refractivity contribution is -0.00724. The van der Waals surface area contributed by atoms with Crippen LogP contribution in [0.15, 0.2) is 24.3 Å². The third kappa shape index (κ3) is 5.34. The van der Waals surface area contributed by atoms with Crippen LogP contribution in [0.1, 0.15) is 48.9 Å². The molecule has 1 amide bonds. The van der Waals surface area contributed by atoms with E-state index in [2.05, 4.69) is 4.90 Å². The molecule has 2 fully saturated rings. The van der Waals surface area contributed by atoms with Crippen LogP contribution in [0, 0.1) is 5.92 Å². The number of nitrogens with zero attached hydrogens (tertiary/aromatic N) is 2. The van der Waals surface area contributed by atoms with E-state index < -0.39 is 0 Å². The Hall–Kier alpha value is -1.63. The Balaban J connectivity index is 1.50. The highest BCUT2D eigenvalue weighted by molar-refractivity contribution is 5.94. The fourth-order valence-corrected chi connectivity index (χ4v) is 5.21. The minimum Gasteiger partial charge on any atom is -0.492 e. The van der Waals surface area contributed by atoms with Crippen molar-refractivity contribution in [2.24, 2.45) is 5.92 Å². The zero-order valence-electron chi connectivity index (χ0n) is 18.3. The number of carbonyl (C=O) groups is 1. The monoisotopic (exact) mass is 416 g/mol. The molecule has 0 saturated carbocycles. The Labute approximate surface area is 180 Å². The first-order valence-electron chi connectivity index (χ1n) is 11.6. The molecule has 3 aliphatic heterocycles. The van der Waals surface area contributed by atoms with Gasteiger partial charge < -0.3 is 19.1 Å². The van der Waals surface area contributed by atoms with Crippen molar-refractivity contribution >= 4 is 5.91 Å². The number of methoxy groups -OCH3 is 1. The summed E-state index contributed by atoms with van der Waals surface area (Å²) in [5.41, 5.74) is 0.721.